The molecule has 1 amide bonds. The van der Waals surface area contributed by atoms with Crippen molar-refractivity contribution in [3.8, 4) is 11.5 Å². The number of ether oxygens (including phenoxy) is 2. The van der Waals surface area contributed by atoms with Crippen molar-refractivity contribution in [2.24, 2.45) is 0 Å². The van der Waals surface area contributed by atoms with Gasteiger partial charge in [0.1, 0.15) is 17.3 Å². The highest BCUT2D eigenvalue weighted by molar-refractivity contribution is 5.93. The smallest absolute Gasteiger partial charge is 0.272 e. The summed E-state index contributed by atoms with van der Waals surface area (Å²) in [5.41, 5.74) is 1.21. The largest absolute Gasteiger partial charge is 0.493 e. The van der Waals surface area contributed by atoms with E-state index in [2.05, 4.69) is 15.3 Å². The molecule has 0 saturated carbocycles. The first-order valence-electron chi connectivity index (χ1n) is 9.24. The van der Waals surface area contributed by atoms with E-state index in [0.29, 0.717) is 28.8 Å². The van der Waals surface area contributed by atoms with Crippen molar-refractivity contribution in [1.29, 1.82) is 0 Å². The number of carbonyl (C=O) groups excluding carboxylic acids is 1. The molecule has 1 N–H and O–H groups in total. The van der Waals surface area contributed by atoms with E-state index in [-0.39, 0.29) is 5.91 Å². The Morgan fingerprint density at radius 2 is 1.70 bits per heavy atom. The van der Waals surface area contributed by atoms with Gasteiger partial charge in [-0.25, -0.2) is 9.97 Å². The summed E-state index contributed by atoms with van der Waals surface area (Å²) in [7, 11) is 3.19. The third-order valence-corrected chi connectivity index (χ3v) is 4.61. The summed E-state index contributed by atoms with van der Waals surface area (Å²) in [6, 6.07) is 7.22. The first kappa shape index (κ1) is 18.9. The van der Waals surface area contributed by atoms with E-state index in [9.17, 15) is 4.79 Å². The number of amides is 1. The minimum absolute atomic E-state index is 0.0299. The number of carbonyl (C=O) groups is 1. The van der Waals surface area contributed by atoms with Crippen LogP contribution in [0.4, 0.5) is 11.5 Å². The second-order valence-corrected chi connectivity index (χ2v) is 6.59. The molecule has 0 atom stereocenters. The van der Waals surface area contributed by atoms with Gasteiger partial charge in [-0.05, 0) is 31.9 Å². The topological polar surface area (TPSA) is 76.6 Å². The summed E-state index contributed by atoms with van der Waals surface area (Å²) >= 11 is 0. The Hall–Kier alpha value is -2.83. The van der Waals surface area contributed by atoms with Crippen LogP contribution in [0.25, 0.3) is 0 Å². The molecule has 0 radical (unpaired) electrons. The molecule has 0 aliphatic carbocycles. The highest BCUT2D eigenvalue weighted by Gasteiger charge is 2.19. The molecule has 7 heteroatoms. The standard InChI is InChI=1S/C20H26N4O3/c1-14-21-16(20(25)24-10-6-4-5-7-11-24)13-19(22-14)23-15-8-9-17(26-2)18(12-15)27-3/h8-9,12-13H,4-7,10-11H2,1-3H3,(H,21,22,23). The fourth-order valence-electron chi connectivity index (χ4n) is 3.24. The van der Waals surface area contributed by atoms with E-state index in [0.717, 1.165) is 31.6 Å². The highest BCUT2D eigenvalue weighted by Crippen LogP contribution is 2.31. The molecule has 144 valence electrons. The molecular weight excluding hydrogens is 344 g/mol. The quantitative estimate of drug-likeness (QED) is 0.867. The zero-order valence-corrected chi connectivity index (χ0v) is 16.1. The number of hydrogen-bond acceptors (Lipinski definition) is 6. The Bertz CT molecular complexity index is 802. The normalized spacial score (nSPS) is 14.4. The predicted octanol–water partition coefficient (Wildman–Crippen LogP) is 3.56. The molecule has 1 aliphatic rings. The van der Waals surface area contributed by atoms with Crippen molar-refractivity contribution in [2.75, 3.05) is 32.6 Å². The van der Waals surface area contributed by atoms with Crippen molar-refractivity contribution in [3.63, 3.8) is 0 Å². The van der Waals surface area contributed by atoms with Crippen molar-refractivity contribution >= 4 is 17.4 Å². The van der Waals surface area contributed by atoms with E-state index in [1.807, 2.05) is 23.1 Å². The summed E-state index contributed by atoms with van der Waals surface area (Å²) < 4.78 is 10.6. The third-order valence-electron chi connectivity index (χ3n) is 4.61. The van der Waals surface area contributed by atoms with Gasteiger partial charge >= 0.3 is 0 Å². The van der Waals surface area contributed by atoms with E-state index in [1.54, 1.807) is 27.2 Å². The molecule has 1 aromatic carbocycles. The lowest BCUT2D eigenvalue weighted by Gasteiger charge is -2.20. The molecule has 0 unspecified atom stereocenters. The number of hydrogen-bond donors (Lipinski definition) is 1. The van der Waals surface area contributed by atoms with Crippen molar-refractivity contribution in [1.82, 2.24) is 14.9 Å². The van der Waals surface area contributed by atoms with Gasteiger partial charge in [0.25, 0.3) is 5.91 Å². The number of aryl methyl sites for hydroxylation is 1. The monoisotopic (exact) mass is 370 g/mol. The van der Waals surface area contributed by atoms with Gasteiger partial charge in [-0.2, -0.15) is 0 Å². The van der Waals surface area contributed by atoms with Gasteiger partial charge in [0.15, 0.2) is 11.5 Å². The molecule has 0 bridgehead atoms. The van der Waals surface area contributed by atoms with Gasteiger partial charge in [0.05, 0.1) is 14.2 Å². The second kappa shape index (κ2) is 8.70. The van der Waals surface area contributed by atoms with E-state index in [1.165, 1.54) is 12.8 Å². The Balaban J connectivity index is 1.82. The number of nitrogens with one attached hydrogen (secondary N) is 1. The van der Waals surface area contributed by atoms with Gasteiger partial charge < -0.3 is 19.7 Å². The molecule has 27 heavy (non-hydrogen) atoms. The first-order valence-corrected chi connectivity index (χ1v) is 9.24. The van der Waals surface area contributed by atoms with E-state index < -0.39 is 0 Å². The van der Waals surface area contributed by atoms with Crippen LogP contribution in [-0.4, -0.2) is 48.1 Å². The maximum Gasteiger partial charge on any atom is 0.272 e. The zero-order chi connectivity index (χ0) is 19.2. The van der Waals surface area contributed by atoms with Crippen LogP contribution in [0.15, 0.2) is 24.3 Å². The molecule has 1 aliphatic heterocycles. The van der Waals surface area contributed by atoms with Crippen molar-refractivity contribution in [3.05, 3.63) is 35.8 Å². The number of benzene rings is 1. The molecule has 2 heterocycles. The van der Waals surface area contributed by atoms with Crippen LogP contribution < -0.4 is 14.8 Å². The molecule has 7 nitrogen and oxygen atoms in total. The van der Waals surface area contributed by atoms with E-state index >= 15 is 0 Å². The summed E-state index contributed by atoms with van der Waals surface area (Å²) in [6.07, 6.45) is 4.45. The number of rotatable bonds is 5. The second-order valence-electron chi connectivity index (χ2n) is 6.59. The van der Waals surface area contributed by atoms with Crippen molar-refractivity contribution < 1.29 is 14.3 Å². The maximum absolute atomic E-state index is 12.9. The Labute approximate surface area is 159 Å². The van der Waals surface area contributed by atoms with Gasteiger partial charge in [-0.3, -0.25) is 4.79 Å². The number of anilines is 2. The molecule has 1 aromatic heterocycles. The van der Waals surface area contributed by atoms with Gasteiger partial charge in [0.2, 0.25) is 0 Å². The fraction of sp³-hybridized carbons (Fsp3) is 0.450. The average molecular weight is 370 g/mol. The lowest BCUT2D eigenvalue weighted by atomic mass is 10.2. The SMILES string of the molecule is COc1ccc(Nc2cc(C(=O)N3CCCCCC3)nc(C)n2)cc1OC. The summed E-state index contributed by atoms with van der Waals surface area (Å²) in [5.74, 6) is 2.37. The number of aromatic nitrogens is 2. The Kier molecular flexibility index (Phi) is 6.11. The van der Waals surface area contributed by atoms with Gasteiger partial charge in [-0.1, -0.05) is 12.8 Å². The van der Waals surface area contributed by atoms with Crippen LogP contribution in [-0.2, 0) is 0 Å². The van der Waals surface area contributed by atoms with E-state index in [4.69, 9.17) is 9.47 Å². The Morgan fingerprint density at radius 1 is 1.00 bits per heavy atom. The number of nitrogens with zero attached hydrogens (tertiary/aromatic N) is 3. The molecular formula is C20H26N4O3. The Morgan fingerprint density at radius 3 is 2.37 bits per heavy atom. The lowest BCUT2D eigenvalue weighted by molar-refractivity contribution is 0.0755. The molecule has 0 spiro atoms. The van der Waals surface area contributed by atoms with Crippen LogP contribution >= 0.6 is 0 Å². The first-order chi connectivity index (χ1) is 13.1. The molecule has 1 fully saturated rings. The lowest BCUT2D eigenvalue weighted by Crippen LogP contribution is -2.32. The minimum atomic E-state index is -0.0299. The summed E-state index contributed by atoms with van der Waals surface area (Å²) in [4.78, 5) is 23.5. The van der Waals surface area contributed by atoms with Crippen LogP contribution in [0.5, 0.6) is 11.5 Å². The molecule has 3 rings (SSSR count). The van der Waals surface area contributed by atoms with Crippen LogP contribution in [0.2, 0.25) is 0 Å². The summed E-state index contributed by atoms with van der Waals surface area (Å²) in [6.45, 7) is 3.37. The average Bonchev–Trinajstić information content (AvgIpc) is 2.96. The third kappa shape index (κ3) is 4.67. The zero-order valence-electron chi connectivity index (χ0n) is 16.1. The minimum Gasteiger partial charge on any atom is -0.493 e. The van der Waals surface area contributed by atoms with Crippen LogP contribution in [0, 0.1) is 6.92 Å². The highest BCUT2D eigenvalue weighted by atomic mass is 16.5. The maximum atomic E-state index is 12.9. The summed E-state index contributed by atoms with van der Waals surface area (Å²) in [5, 5.41) is 3.22. The van der Waals surface area contributed by atoms with Crippen molar-refractivity contribution in [2.45, 2.75) is 32.6 Å². The van der Waals surface area contributed by atoms with Crippen LogP contribution in [0.3, 0.4) is 0 Å². The van der Waals surface area contributed by atoms with Gasteiger partial charge in [0, 0.05) is 30.9 Å². The molecule has 2 aromatic rings. The number of methoxy groups -OCH3 is 2. The number of likely N-dealkylation sites (tertiary alicyclic amines) is 1. The fourth-order valence-corrected chi connectivity index (χ4v) is 3.24. The molecule has 1 saturated heterocycles. The van der Waals surface area contributed by atoms with Crippen LogP contribution in [0.1, 0.15) is 42.0 Å². The van der Waals surface area contributed by atoms with Gasteiger partial charge in [-0.15, -0.1) is 0 Å². The predicted molar refractivity (Wildman–Crippen MR) is 104 cm³/mol.